The first kappa shape index (κ1) is 7.94. The lowest BCUT2D eigenvalue weighted by Gasteiger charge is -1.94. The van der Waals surface area contributed by atoms with Crippen molar-refractivity contribution in [3.05, 3.63) is 6.92 Å². The SMILES string of the molecule is [CH2]/C(=N\OC)C(=O)OC. The van der Waals surface area contributed by atoms with Crippen molar-refractivity contribution in [1.29, 1.82) is 0 Å². The van der Waals surface area contributed by atoms with Crippen LogP contribution in [0.25, 0.3) is 0 Å². The highest BCUT2D eigenvalue weighted by atomic mass is 16.6. The third-order valence-electron chi connectivity index (χ3n) is 0.623. The molecule has 4 heteroatoms. The van der Waals surface area contributed by atoms with Gasteiger partial charge in [-0.1, -0.05) is 5.16 Å². The van der Waals surface area contributed by atoms with Gasteiger partial charge in [0, 0.05) is 6.92 Å². The molecule has 0 aromatic carbocycles. The van der Waals surface area contributed by atoms with Gasteiger partial charge in [-0.15, -0.1) is 0 Å². The van der Waals surface area contributed by atoms with Crippen molar-refractivity contribution in [1.82, 2.24) is 0 Å². The fraction of sp³-hybridized carbons (Fsp3) is 0.400. The molecule has 0 N–H and O–H groups in total. The summed E-state index contributed by atoms with van der Waals surface area (Å²) in [5.74, 6) is -0.586. The summed E-state index contributed by atoms with van der Waals surface area (Å²) in [5, 5.41) is 3.23. The molecule has 0 aliphatic carbocycles. The van der Waals surface area contributed by atoms with Crippen LogP contribution in [0, 0.1) is 6.92 Å². The van der Waals surface area contributed by atoms with Gasteiger partial charge in [-0.3, -0.25) is 0 Å². The summed E-state index contributed by atoms with van der Waals surface area (Å²) in [4.78, 5) is 14.7. The van der Waals surface area contributed by atoms with Crippen molar-refractivity contribution in [3.63, 3.8) is 0 Å². The first-order valence-corrected chi connectivity index (χ1v) is 2.23. The predicted octanol–water partition coefficient (Wildman–Crippen LogP) is -0.00411. The Morgan fingerprint density at radius 1 is 1.56 bits per heavy atom. The molecule has 4 nitrogen and oxygen atoms in total. The topological polar surface area (TPSA) is 47.9 Å². The summed E-state index contributed by atoms with van der Waals surface area (Å²) >= 11 is 0. The summed E-state index contributed by atoms with van der Waals surface area (Å²) in [6.07, 6.45) is 0. The van der Waals surface area contributed by atoms with Crippen molar-refractivity contribution in [2.75, 3.05) is 14.2 Å². The molecule has 0 heterocycles. The molecule has 1 radical (unpaired) electrons. The molecule has 0 rings (SSSR count). The summed E-state index contributed by atoms with van der Waals surface area (Å²) in [7, 11) is 2.58. The number of carbonyl (C=O) groups is 1. The van der Waals surface area contributed by atoms with Crippen LogP contribution in [0.5, 0.6) is 0 Å². The van der Waals surface area contributed by atoms with Crippen molar-refractivity contribution in [2.45, 2.75) is 0 Å². The number of carbonyl (C=O) groups excluding carboxylic acids is 1. The minimum Gasteiger partial charge on any atom is -0.464 e. The Labute approximate surface area is 53.4 Å². The van der Waals surface area contributed by atoms with E-state index in [9.17, 15) is 4.79 Å². The van der Waals surface area contributed by atoms with E-state index in [2.05, 4.69) is 21.7 Å². The largest absolute Gasteiger partial charge is 0.464 e. The average molecular weight is 130 g/mol. The maximum atomic E-state index is 10.4. The van der Waals surface area contributed by atoms with Gasteiger partial charge in [0.2, 0.25) is 0 Å². The van der Waals surface area contributed by atoms with Crippen LogP contribution in [-0.2, 0) is 14.4 Å². The third kappa shape index (κ3) is 2.69. The Balaban J connectivity index is 3.86. The normalized spacial score (nSPS) is 10.8. The molecule has 0 atom stereocenters. The molecule has 0 aromatic heterocycles. The fourth-order valence-corrected chi connectivity index (χ4v) is 0.265. The highest BCUT2D eigenvalue weighted by Crippen LogP contribution is 1.80. The molecular formula is C5H8NO3. The summed E-state index contributed by atoms with van der Waals surface area (Å²) in [5.41, 5.74) is -0.0417. The lowest BCUT2D eigenvalue weighted by atomic mass is 10.4. The summed E-state index contributed by atoms with van der Waals surface area (Å²) in [6.45, 7) is 3.25. The molecule has 0 fully saturated rings. The van der Waals surface area contributed by atoms with Gasteiger partial charge in [-0.05, 0) is 0 Å². The smallest absolute Gasteiger partial charge is 0.355 e. The Bertz CT molecular complexity index is 130. The van der Waals surface area contributed by atoms with E-state index in [4.69, 9.17) is 0 Å². The second-order valence-electron chi connectivity index (χ2n) is 1.21. The third-order valence-corrected chi connectivity index (χ3v) is 0.623. The Kier molecular flexibility index (Phi) is 3.43. The van der Waals surface area contributed by atoms with Gasteiger partial charge in [0.05, 0.1) is 7.11 Å². The molecule has 0 aliphatic rings. The Morgan fingerprint density at radius 2 is 2.11 bits per heavy atom. The average Bonchev–Trinajstić information content (AvgIpc) is 1.87. The predicted molar refractivity (Wildman–Crippen MR) is 31.8 cm³/mol. The molecular weight excluding hydrogens is 122 g/mol. The highest BCUT2D eigenvalue weighted by molar-refractivity contribution is 6.38. The van der Waals surface area contributed by atoms with Crippen LogP contribution < -0.4 is 0 Å². The van der Waals surface area contributed by atoms with Crippen LogP contribution >= 0.6 is 0 Å². The van der Waals surface area contributed by atoms with Crippen molar-refractivity contribution in [3.8, 4) is 0 Å². The van der Waals surface area contributed by atoms with Gasteiger partial charge in [0.25, 0.3) is 0 Å². The molecule has 51 valence electrons. The first-order chi connectivity index (χ1) is 4.22. The van der Waals surface area contributed by atoms with E-state index in [1.165, 1.54) is 14.2 Å². The van der Waals surface area contributed by atoms with E-state index >= 15 is 0 Å². The number of methoxy groups -OCH3 is 1. The summed E-state index contributed by atoms with van der Waals surface area (Å²) in [6, 6.07) is 0. The van der Waals surface area contributed by atoms with Crippen molar-refractivity contribution in [2.24, 2.45) is 5.16 Å². The minimum atomic E-state index is -0.586. The minimum absolute atomic E-state index is 0.0417. The zero-order valence-electron chi connectivity index (χ0n) is 5.38. The zero-order chi connectivity index (χ0) is 7.28. The fourth-order valence-electron chi connectivity index (χ4n) is 0.265. The Morgan fingerprint density at radius 3 is 2.44 bits per heavy atom. The first-order valence-electron chi connectivity index (χ1n) is 2.23. The van der Waals surface area contributed by atoms with Crippen LogP contribution in [0.4, 0.5) is 0 Å². The molecule has 0 aliphatic heterocycles. The highest BCUT2D eigenvalue weighted by Gasteiger charge is 2.03. The molecule has 9 heavy (non-hydrogen) atoms. The zero-order valence-corrected chi connectivity index (χ0v) is 5.38. The van der Waals surface area contributed by atoms with Crippen molar-refractivity contribution >= 4 is 11.7 Å². The quantitative estimate of drug-likeness (QED) is 0.300. The Hall–Kier alpha value is -1.06. The van der Waals surface area contributed by atoms with Gasteiger partial charge in [0.15, 0.2) is 5.71 Å². The molecule has 0 unspecified atom stereocenters. The molecule has 0 aromatic rings. The van der Waals surface area contributed by atoms with Gasteiger partial charge >= 0.3 is 5.97 Å². The number of ether oxygens (including phenoxy) is 1. The second-order valence-corrected chi connectivity index (χ2v) is 1.21. The number of rotatable bonds is 2. The lowest BCUT2D eigenvalue weighted by Crippen LogP contribution is -2.11. The van der Waals surface area contributed by atoms with Gasteiger partial charge in [0.1, 0.15) is 7.11 Å². The lowest BCUT2D eigenvalue weighted by molar-refractivity contribution is -0.132. The number of nitrogens with zero attached hydrogens (tertiary/aromatic N) is 1. The molecule has 0 saturated heterocycles. The van der Waals surface area contributed by atoms with E-state index < -0.39 is 5.97 Å². The van der Waals surface area contributed by atoms with Crippen molar-refractivity contribution < 1.29 is 14.4 Å². The number of hydrogen-bond donors (Lipinski definition) is 0. The monoisotopic (exact) mass is 130 g/mol. The van der Waals surface area contributed by atoms with Gasteiger partial charge in [-0.2, -0.15) is 0 Å². The molecule has 0 saturated carbocycles. The van der Waals surface area contributed by atoms with E-state index in [1.54, 1.807) is 0 Å². The molecule has 0 spiro atoms. The second kappa shape index (κ2) is 3.88. The van der Waals surface area contributed by atoms with Crippen LogP contribution in [0.2, 0.25) is 0 Å². The number of oxime groups is 1. The molecule has 0 amide bonds. The van der Waals surface area contributed by atoms with Gasteiger partial charge in [-0.25, -0.2) is 4.79 Å². The van der Waals surface area contributed by atoms with Crippen LogP contribution in [0.1, 0.15) is 0 Å². The maximum Gasteiger partial charge on any atom is 0.355 e. The van der Waals surface area contributed by atoms with E-state index in [1.807, 2.05) is 0 Å². The standard InChI is InChI=1S/C5H8NO3/c1-4(6-9-3)5(7)8-2/h1H2,2-3H3/b6-4+. The van der Waals surface area contributed by atoms with E-state index in [0.717, 1.165) is 0 Å². The summed E-state index contributed by atoms with van der Waals surface area (Å²) < 4.78 is 4.25. The van der Waals surface area contributed by atoms with Gasteiger partial charge < -0.3 is 9.57 Å². The maximum absolute atomic E-state index is 10.4. The van der Waals surface area contributed by atoms with E-state index in [-0.39, 0.29) is 5.71 Å². The van der Waals surface area contributed by atoms with Crippen LogP contribution in [0.3, 0.4) is 0 Å². The number of esters is 1. The van der Waals surface area contributed by atoms with Crippen LogP contribution in [-0.4, -0.2) is 25.9 Å². The number of hydrogen-bond acceptors (Lipinski definition) is 4. The van der Waals surface area contributed by atoms with Crippen LogP contribution in [0.15, 0.2) is 5.16 Å². The molecule has 0 bridgehead atoms. The van der Waals surface area contributed by atoms with E-state index in [0.29, 0.717) is 0 Å².